The van der Waals surface area contributed by atoms with Gasteiger partial charge in [0, 0.05) is 0 Å². The summed E-state index contributed by atoms with van der Waals surface area (Å²) in [5.74, 6) is 0.536. The molecule has 0 aliphatic carbocycles. The van der Waals surface area contributed by atoms with E-state index in [9.17, 15) is 10.2 Å². The van der Waals surface area contributed by atoms with E-state index >= 15 is 0 Å². The molecular weight excluding hydrogens is 296 g/mol. The molecule has 0 fully saturated rings. The Bertz CT molecular complexity index is 783. The van der Waals surface area contributed by atoms with Gasteiger partial charge in [-0.3, -0.25) is 0 Å². The smallest absolute Gasteiger partial charge is 0.115 e. The molecule has 0 unspecified atom stereocenters. The largest absolute Gasteiger partial charge is 0.508 e. The van der Waals surface area contributed by atoms with Gasteiger partial charge in [-0.2, -0.15) is 0 Å². The summed E-state index contributed by atoms with van der Waals surface area (Å²) >= 11 is 0. The van der Waals surface area contributed by atoms with E-state index in [1.165, 1.54) is 0 Å². The van der Waals surface area contributed by atoms with Crippen LogP contribution in [0.15, 0.2) is 72.8 Å². The first-order chi connectivity index (χ1) is 11.7. The number of hydrogen-bond acceptors (Lipinski definition) is 2. The number of rotatable bonds is 4. The van der Waals surface area contributed by atoms with E-state index < -0.39 is 0 Å². The zero-order chi connectivity index (χ0) is 16.8. The van der Waals surface area contributed by atoms with Crippen molar-refractivity contribution in [3.8, 4) is 11.5 Å². The van der Waals surface area contributed by atoms with Gasteiger partial charge in [0.2, 0.25) is 0 Å². The first kappa shape index (κ1) is 15.6. The molecule has 2 heteroatoms. The van der Waals surface area contributed by atoms with Gasteiger partial charge >= 0.3 is 0 Å². The molecule has 0 saturated carbocycles. The Hall–Kier alpha value is -3.26. The molecule has 0 heterocycles. The SMILES string of the molecule is Oc1ccc(C=Cc2ccccc2C=Cc2ccc(O)cc2)cc1. The zero-order valence-corrected chi connectivity index (χ0v) is 13.1. The average Bonchev–Trinajstić information content (AvgIpc) is 2.61. The van der Waals surface area contributed by atoms with Crippen LogP contribution in [-0.2, 0) is 0 Å². The molecule has 0 spiro atoms. The number of hydrogen-bond donors (Lipinski definition) is 2. The maximum absolute atomic E-state index is 9.33. The van der Waals surface area contributed by atoms with E-state index in [-0.39, 0.29) is 11.5 Å². The summed E-state index contributed by atoms with van der Waals surface area (Å²) in [6, 6.07) is 22.4. The molecule has 0 radical (unpaired) electrons. The fourth-order valence-electron chi connectivity index (χ4n) is 2.36. The minimum atomic E-state index is 0.268. The molecule has 3 aromatic rings. The van der Waals surface area contributed by atoms with Crippen molar-refractivity contribution in [3.63, 3.8) is 0 Å². The van der Waals surface area contributed by atoms with Gasteiger partial charge in [-0.1, -0.05) is 72.8 Å². The topological polar surface area (TPSA) is 40.5 Å². The summed E-state index contributed by atoms with van der Waals surface area (Å²) < 4.78 is 0. The van der Waals surface area contributed by atoms with Gasteiger partial charge in [0.05, 0.1) is 0 Å². The van der Waals surface area contributed by atoms with Crippen LogP contribution in [0.1, 0.15) is 22.3 Å². The quantitative estimate of drug-likeness (QED) is 0.630. The average molecular weight is 314 g/mol. The maximum Gasteiger partial charge on any atom is 0.115 e. The third kappa shape index (κ3) is 4.14. The van der Waals surface area contributed by atoms with E-state index in [1.54, 1.807) is 24.3 Å². The van der Waals surface area contributed by atoms with Crippen LogP contribution in [0, 0.1) is 0 Å². The van der Waals surface area contributed by atoms with Crippen LogP contribution in [0.3, 0.4) is 0 Å². The van der Waals surface area contributed by atoms with Crippen molar-refractivity contribution in [3.05, 3.63) is 95.1 Å². The van der Waals surface area contributed by atoms with Gasteiger partial charge in [0.1, 0.15) is 11.5 Å². The lowest BCUT2D eigenvalue weighted by molar-refractivity contribution is 0.474. The molecule has 118 valence electrons. The second kappa shape index (κ2) is 7.34. The Kier molecular flexibility index (Phi) is 4.78. The monoisotopic (exact) mass is 314 g/mol. The van der Waals surface area contributed by atoms with Crippen LogP contribution >= 0.6 is 0 Å². The predicted molar refractivity (Wildman–Crippen MR) is 101 cm³/mol. The number of aromatic hydroxyl groups is 2. The van der Waals surface area contributed by atoms with Crippen molar-refractivity contribution < 1.29 is 10.2 Å². The molecule has 0 atom stereocenters. The van der Waals surface area contributed by atoms with Gasteiger partial charge in [0.25, 0.3) is 0 Å². The van der Waals surface area contributed by atoms with Gasteiger partial charge < -0.3 is 10.2 Å². The van der Waals surface area contributed by atoms with Gasteiger partial charge in [-0.05, 0) is 46.5 Å². The number of phenols is 2. The Balaban J connectivity index is 1.82. The highest BCUT2D eigenvalue weighted by Crippen LogP contribution is 2.18. The van der Waals surface area contributed by atoms with Gasteiger partial charge in [-0.25, -0.2) is 0 Å². The Morgan fingerprint density at radius 3 is 1.21 bits per heavy atom. The Morgan fingerprint density at radius 2 is 0.833 bits per heavy atom. The van der Waals surface area contributed by atoms with Crippen molar-refractivity contribution in [1.82, 2.24) is 0 Å². The molecule has 0 amide bonds. The van der Waals surface area contributed by atoms with E-state index in [0.29, 0.717) is 0 Å². The third-order valence-electron chi connectivity index (χ3n) is 3.69. The minimum Gasteiger partial charge on any atom is -0.508 e. The number of phenolic OH excluding ortho intramolecular Hbond substituents is 2. The van der Waals surface area contributed by atoms with Gasteiger partial charge in [0.15, 0.2) is 0 Å². The standard InChI is InChI=1S/C22H18O2/c23-21-13-7-17(8-14-21)5-11-19-3-1-2-4-20(19)12-6-18-9-15-22(24)16-10-18/h1-16,23-24H. The predicted octanol–water partition coefficient (Wildman–Crippen LogP) is 5.44. The van der Waals surface area contributed by atoms with Gasteiger partial charge in [-0.15, -0.1) is 0 Å². The van der Waals surface area contributed by atoms with Crippen LogP contribution < -0.4 is 0 Å². The first-order valence-corrected chi connectivity index (χ1v) is 7.74. The van der Waals surface area contributed by atoms with Crippen LogP contribution in [0.5, 0.6) is 11.5 Å². The van der Waals surface area contributed by atoms with E-state index in [4.69, 9.17) is 0 Å². The Labute approximate surface area is 141 Å². The third-order valence-corrected chi connectivity index (χ3v) is 3.69. The molecule has 3 aromatic carbocycles. The summed E-state index contributed by atoms with van der Waals surface area (Å²) in [5.41, 5.74) is 4.29. The summed E-state index contributed by atoms with van der Waals surface area (Å²) in [4.78, 5) is 0. The lowest BCUT2D eigenvalue weighted by atomic mass is 10.0. The van der Waals surface area contributed by atoms with Crippen molar-refractivity contribution in [2.75, 3.05) is 0 Å². The highest BCUT2D eigenvalue weighted by Gasteiger charge is 1.96. The maximum atomic E-state index is 9.33. The molecule has 0 saturated heterocycles. The van der Waals surface area contributed by atoms with E-state index in [0.717, 1.165) is 22.3 Å². The molecule has 2 N–H and O–H groups in total. The zero-order valence-electron chi connectivity index (χ0n) is 13.1. The van der Waals surface area contributed by atoms with Crippen LogP contribution in [0.4, 0.5) is 0 Å². The normalized spacial score (nSPS) is 11.3. The molecule has 24 heavy (non-hydrogen) atoms. The van der Waals surface area contributed by atoms with Crippen LogP contribution in [0.25, 0.3) is 24.3 Å². The molecular formula is C22H18O2. The van der Waals surface area contributed by atoms with Crippen LogP contribution in [0.2, 0.25) is 0 Å². The van der Waals surface area contributed by atoms with E-state index in [1.807, 2.05) is 48.6 Å². The minimum absolute atomic E-state index is 0.268. The first-order valence-electron chi connectivity index (χ1n) is 7.74. The molecule has 0 aromatic heterocycles. The van der Waals surface area contributed by atoms with Crippen molar-refractivity contribution in [1.29, 1.82) is 0 Å². The summed E-state index contributed by atoms with van der Waals surface area (Å²) in [6.07, 6.45) is 8.16. The van der Waals surface area contributed by atoms with Crippen molar-refractivity contribution >= 4 is 24.3 Å². The molecule has 2 nitrogen and oxygen atoms in total. The lowest BCUT2D eigenvalue weighted by Gasteiger charge is -2.01. The Morgan fingerprint density at radius 1 is 0.458 bits per heavy atom. The van der Waals surface area contributed by atoms with Crippen LogP contribution in [-0.4, -0.2) is 10.2 Å². The number of benzene rings is 3. The molecule has 0 aliphatic heterocycles. The molecule has 0 aliphatic rings. The lowest BCUT2D eigenvalue weighted by Crippen LogP contribution is -1.80. The fraction of sp³-hybridized carbons (Fsp3) is 0. The summed E-state index contributed by atoms with van der Waals surface area (Å²) in [7, 11) is 0. The van der Waals surface area contributed by atoms with Crippen molar-refractivity contribution in [2.24, 2.45) is 0 Å². The van der Waals surface area contributed by atoms with E-state index in [2.05, 4.69) is 24.3 Å². The fourth-order valence-corrected chi connectivity index (χ4v) is 2.36. The second-order valence-corrected chi connectivity index (χ2v) is 5.48. The molecule has 0 bridgehead atoms. The highest BCUT2D eigenvalue weighted by atomic mass is 16.3. The molecule has 3 rings (SSSR count). The van der Waals surface area contributed by atoms with Crippen molar-refractivity contribution in [2.45, 2.75) is 0 Å². The summed E-state index contributed by atoms with van der Waals surface area (Å²) in [6.45, 7) is 0. The second-order valence-electron chi connectivity index (χ2n) is 5.48. The highest BCUT2D eigenvalue weighted by molar-refractivity contribution is 5.79. The summed E-state index contributed by atoms with van der Waals surface area (Å²) in [5, 5.41) is 18.7.